The number of aliphatic hydroxyl groups is 1. The van der Waals surface area contributed by atoms with Gasteiger partial charge in [-0.3, -0.25) is 20.4 Å². The monoisotopic (exact) mass is 536 g/mol. The Labute approximate surface area is 224 Å². The van der Waals surface area contributed by atoms with E-state index in [9.17, 15) is 14.7 Å². The third-order valence-corrected chi connectivity index (χ3v) is 8.26. The van der Waals surface area contributed by atoms with Gasteiger partial charge in [-0.2, -0.15) is 0 Å². The molecule has 2 aromatic rings. The molecule has 3 unspecified atom stereocenters. The highest BCUT2D eigenvalue weighted by Crippen LogP contribution is 2.41. The Morgan fingerprint density at radius 1 is 1.18 bits per heavy atom. The van der Waals surface area contributed by atoms with Crippen LogP contribution in [0.3, 0.4) is 0 Å². The molecule has 0 bridgehead atoms. The van der Waals surface area contributed by atoms with E-state index < -0.39 is 35.8 Å². The summed E-state index contributed by atoms with van der Waals surface area (Å²) in [5.74, 6) is -0.116. The van der Waals surface area contributed by atoms with Crippen molar-refractivity contribution in [2.24, 2.45) is 0 Å². The minimum atomic E-state index is -1.29. The highest BCUT2D eigenvalue weighted by molar-refractivity contribution is 5.98. The molecular formula is C26H32N8O5. The summed E-state index contributed by atoms with van der Waals surface area (Å²) in [5.41, 5.74) is -0.0642. The van der Waals surface area contributed by atoms with Crippen LogP contribution in [0.4, 0.5) is 0 Å². The third kappa shape index (κ3) is 3.87. The second-order valence-corrected chi connectivity index (χ2v) is 11.0. The summed E-state index contributed by atoms with van der Waals surface area (Å²) in [6.45, 7) is 4.97. The van der Waals surface area contributed by atoms with E-state index in [2.05, 4.69) is 40.4 Å². The molecule has 2 amide bonds. The molecule has 0 radical (unpaired) electrons. The van der Waals surface area contributed by atoms with E-state index in [1.54, 1.807) is 23.1 Å². The number of rotatable bonds is 5. The maximum atomic E-state index is 13.5. The number of hydrogen-bond donors (Lipinski definition) is 8. The number of para-hydroxylation sites is 1. The van der Waals surface area contributed by atoms with Gasteiger partial charge < -0.3 is 45.7 Å². The molecule has 4 aliphatic rings. The number of nitrogens with one attached hydrogen (secondary N) is 7. The number of hydrogen-bond acceptors (Lipinski definition) is 7. The lowest BCUT2D eigenvalue weighted by atomic mass is 9.79. The molecule has 3 saturated heterocycles. The Kier molecular flexibility index (Phi) is 5.72. The van der Waals surface area contributed by atoms with Crippen molar-refractivity contribution >= 4 is 23.7 Å². The minimum absolute atomic E-state index is 0.00506. The molecule has 13 nitrogen and oxygen atoms in total. The van der Waals surface area contributed by atoms with Gasteiger partial charge in [0.05, 0.1) is 36.6 Å². The smallest absolute Gasteiger partial charge is 0.287 e. The fourth-order valence-electron chi connectivity index (χ4n) is 6.19. The first-order valence-electron chi connectivity index (χ1n) is 12.9. The van der Waals surface area contributed by atoms with Gasteiger partial charge in [-0.25, -0.2) is 0 Å². The van der Waals surface area contributed by atoms with Crippen LogP contribution in [0.25, 0.3) is 0 Å². The quantitative estimate of drug-likeness (QED) is 0.252. The number of carbonyl (C=O) groups is 2. The summed E-state index contributed by atoms with van der Waals surface area (Å²) in [6, 6.07) is 6.75. The normalized spacial score (nSPS) is 30.1. The molecule has 1 spiro atoms. The first kappa shape index (κ1) is 25.0. The average molecular weight is 537 g/mol. The average Bonchev–Trinajstić information content (AvgIpc) is 3.62. The number of carbonyl (C=O) groups excluding carboxylic acids is 2. The molecular weight excluding hydrogens is 504 g/mol. The van der Waals surface area contributed by atoms with Crippen LogP contribution >= 0.6 is 0 Å². The Morgan fingerprint density at radius 2 is 2.00 bits per heavy atom. The van der Waals surface area contributed by atoms with Gasteiger partial charge >= 0.3 is 0 Å². The Bertz CT molecular complexity index is 1340. The molecule has 1 aromatic carbocycles. The number of nitrogens with zero attached hydrogens (tertiary/aromatic N) is 1. The van der Waals surface area contributed by atoms with Crippen molar-refractivity contribution in [2.45, 2.75) is 55.6 Å². The number of amides is 2. The van der Waals surface area contributed by atoms with Crippen molar-refractivity contribution in [2.75, 3.05) is 19.7 Å². The second kappa shape index (κ2) is 8.90. The van der Waals surface area contributed by atoms with E-state index in [1.165, 1.54) is 6.26 Å². The van der Waals surface area contributed by atoms with Gasteiger partial charge in [-0.05, 0) is 30.0 Å². The lowest BCUT2D eigenvalue weighted by Gasteiger charge is -2.49. The van der Waals surface area contributed by atoms with Gasteiger partial charge in [-0.1, -0.05) is 26.0 Å². The van der Waals surface area contributed by atoms with Gasteiger partial charge in [0, 0.05) is 18.7 Å². The fourth-order valence-corrected chi connectivity index (χ4v) is 6.19. The van der Waals surface area contributed by atoms with Crippen molar-refractivity contribution in [1.29, 1.82) is 10.8 Å². The zero-order chi connectivity index (χ0) is 27.5. The molecule has 4 aliphatic heterocycles. The first-order chi connectivity index (χ1) is 18.6. The predicted octanol–water partition coefficient (Wildman–Crippen LogP) is -0.356. The lowest BCUT2D eigenvalue weighted by molar-refractivity contribution is 0.00608. The van der Waals surface area contributed by atoms with Gasteiger partial charge in [0.25, 0.3) is 11.8 Å². The van der Waals surface area contributed by atoms with Crippen molar-refractivity contribution in [3.8, 4) is 5.75 Å². The topological polar surface area (TPSA) is 188 Å². The molecule has 8 N–H and O–H groups in total. The number of furan rings is 1. The van der Waals surface area contributed by atoms with Gasteiger partial charge in [0.15, 0.2) is 23.3 Å². The third-order valence-electron chi connectivity index (χ3n) is 8.26. The van der Waals surface area contributed by atoms with E-state index in [-0.39, 0.29) is 42.1 Å². The van der Waals surface area contributed by atoms with Crippen LogP contribution in [0.5, 0.6) is 5.75 Å². The molecule has 0 saturated carbocycles. The van der Waals surface area contributed by atoms with Gasteiger partial charge in [0.2, 0.25) is 0 Å². The first-order valence-corrected chi connectivity index (χ1v) is 12.9. The second-order valence-electron chi connectivity index (χ2n) is 11.0. The summed E-state index contributed by atoms with van der Waals surface area (Å²) >= 11 is 0. The molecule has 1 aromatic heterocycles. The predicted molar refractivity (Wildman–Crippen MR) is 140 cm³/mol. The molecule has 6 rings (SSSR count). The largest absolute Gasteiger partial charge is 0.492 e. The Morgan fingerprint density at radius 3 is 2.77 bits per heavy atom. The van der Waals surface area contributed by atoms with Crippen molar-refractivity contribution in [1.82, 2.24) is 31.5 Å². The summed E-state index contributed by atoms with van der Waals surface area (Å²) in [5, 5.41) is 43.5. The van der Waals surface area contributed by atoms with Crippen molar-refractivity contribution < 1.29 is 23.8 Å². The van der Waals surface area contributed by atoms with Crippen LogP contribution in [0.1, 0.15) is 46.7 Å². The molecule has 5 heterocycles. The van der Waals surface area contributed by atoms with Crippen molar-refractivity contribution in [3.05, 3.63) is 53.5 Å². The minimum Gasteiger partial charge on any atom is -0.492 e. The molecule has 206 valence electrons. The number of guanidine groups is 2. The van der Waals surface area contributed by atoms with E-state index in [1.807, 2.05) is 12.1 Å². The van der Waals surface area contributed by atoms with E-state index in [0.29, 0.717) is 17.9 Å². The van der Waals surface area contributed by atoms with Crippen LogP contribution in [0.15, 0.2) is 41.0 Å². The van der Waals surface area contributed by atoms with Crippen molar-refractivity contribution in [3.63, 3.8) is 0 Å². The zero-order valence-corrected chi connectivity index (χ0v) is 21.6. The SMILES string of the molecule is CC1(C)CCOc2c(C(=O)NC3CN4C(=N)N[C@@H](CNC(=O)c5ccco5)C5NC(=N)NC54[C@@H]3O)cccc21. The fraction of sp³-hybridized carbons (Fsp3) is 0.462. The van der Waals surface area contributed by atoms with E-state index >= 15 is 0 Å². The highest BCUT2D eigenvalue weighted by Gasteiger charge is 2.66. The van der Waals surface area contributed by atoms with E-state index in [4.69, 9.17) is 20.0 Å². The number of aliphatic hydroxyl groups excluding tert-OH is 1. The van der Waals surface area contributed by atoms with Crippen LogP contribution < -0.4 is 31.3 Å². The standard InChI is InChI=1S/C26H32N8O5/c1-25(2)8-10-39-18-13(5-3-6-14(18)25)21(36)30-16-12-34-24(28)31-15(11-29-22(37)17-7-4-9-38-17)19-26(34,20(16)35)33-23(27)32-19/h3-7,9,15-16,19-20,35H,8,10-12H2,1-2H3,(H2,28,31)(H,29,37)(H,30,36)(H3,27,32,33)/t15-,16?,19?,20+,26?/m0/s1. The van der Waals surface area contributed by atoms with Gasteiger partial charge in [0.1, 0.15) is 11.9 Å². The molecule has 5 atom stereocenters. The molecule has 0 aliphatic carbocycles. The van der Waals surface area contributed by atoms with Crippen LogP contribution in [-0.2, 0) is 5.41 Å². The summed E-state index contributed by atoms with van der Waals surface area (Å²) in [4.78, 5) is 27.6. The molecule has 13 heteroatoms. The van der Waals surface area contributed by atoms with Gasteiger partial charge in [-0.15, -0.1) is 0 Å². The summed E-state index contributed by atoms with van der Waals surface area (Å²) in [7, 11) is 0. The maximum Gasteiger partial charge on any atom is 0.287 e. The Balaban J connectivity index is 1.23. The maximum absolute atomic E-state index is 13.5. The van der Waals surface area contributed by atoms with Crippen LogP contribution in [-0.4, -0.2) is 83.3 Å². The highest BCUT2D eigenvalue weighted by atomic mass is 16.5. The summed E-state index contributed by atoms with van der Waals surface area (Å²) < 4.78 is 11.1. The van der Waals surface area contributed by atoms with Crippen LogP contribution in [0, 0.1) is 10.8 Å². The number of benzene rings is 1. The number of ether oxygens (including phenoxy) is 1. The van der Waals surface area contributed by atoms with Crippen LogP contribution in [0.2, 0.25) is 0 Å². The Hall–Kier alpha value is -4.26. The lowest BCUT2D eigenvalue weighted by Crippen LogP contribution is -2.78. The molecule has 39 heavy (non-hydrogen) atoms. The molecule has 3 fully saturated rings. The number of fused-ring (bicyclic) bond motifs is 1. The zero-order valence-electron chi connectivity index (χ0n) is 21.6. The van der Waals surface area contributed by atoms with E-state index in [0.717, 1.165) is 12.0 Å². The summed E-state index contributed by atoms with van der Waals surface area (Å²) in [6.07, 6.45) is 1.06.